The Bertz CT molecular complexity index is 1290. The van der Waals surface area contributed by atoms with Crippen molar-refractivity contribution in [3.8, 4) is 6.07 Å². The molecule has 0 fully saturated rings. The largest absolute Gasteiger partial charge is 0.360 e. The van der Waals surface area contributed by atoms with Gasteiger partial charge in [0.25, 0.3) is 5.91 Å². The number of hydrogen-bond acceptors (Lipinski definition) is 4. The average Bonchev–Trinajstić information content (AvgIpc) is 2.81. The molecule has 0 aliphatic rings. The second-order valence-corrected chi connectivity index (χ2v) is 7.86. The molecule has 0 radical (unpaired) electrons. The molecular weight excluding hydrogens is 402 g/mol. The standard InChI is InChI=1S/C26H19N3OS/c27-17-21(18-28-22-15-14-19-8-4-5-9-20(19)16-22)26(30)29-24-12-6-7-13-25(24)31-23-10-2-1-3-11-23/h1-16,18,28H,(H,29,30)/b21-18-. The van der Waals surface area contributed by atoms with E-state index < -0.39 is 5.91 Å². The van der Waals surface area contributed by atoms with E-state index in [-0.39, 0.29) is 5.57 Å². The Kier molecular flexibility index (Phi) is 6.32. The van der Waals surface area contributed by atoms with Crippen LogP contribution in [0.5, 0.6) is 0 Å². The van der Waals surface area contributed by atoms with Crippen molar-refractivity contribution in [3.63, 3.8) is 0 Å². The van der Waals surface area contributed by atoms with E-state index in [1.165, 1.54) is 6.20 Å². The molecule has 4 nitrogen and oxygen atoms in total. The molecule has 0 spiro atoms. The molecule has 0 saturated heterocycles. The Labute approximate surface area is 185 Å². The lowest BCUT2D eigenvalue weighted by atomic mass is 10.1. The third-order valence-electron chi connectivity index (χ3n) is 4.60. The van der Waals surface area contributed by atoms with Gasteiger partial charge in [0, 0.05) is 21.7 Å². The normalized spacial score (nSPS) is 11.0. The summed E-state index contributed by atoms with van der Waals surface area (Å²) in [5.41, 5.74) is 1.46. The van der Waals surface area contributed by atoms with E-state index in [1.807, 2.05) is 103 Å². The molecule has 0 bridgehead atoms. The Morgan fingerprint density at radius 1 is 0.839 bits per heavy atom. The number of amides is 1. The van der Waals surface area contributed by atoms with Crippen molar-refractivity contribution >= 4 is 39.8 Å². The molecule has 0 unspecified atom stereocenters. The van der Waals surface area contributed by atoms with Gasteiger partial charge in [-0.15, -0.1) is 0 Å². The molecule has 4 aromatic carbocycles. The zero-order valence-corrected chi connectivity index (χ0v) is 17.4. The van der Waals surface area contributed by atoms with Gasteiger partial charge < -0.3 is 10.6 Å². The molecule has 1 amide bonds. The molecule has 31 heavy (non-hydrogen) atoms. The molecule has 2 N–H and O–H groups in total. The molecule has 0 aliphatic carbocycles. The Balaban J connectivity index is 1.49. The van der Waals surface area contributed by atoms with Crippen LogP contribution in [0.15, 0.2) is 119 Å². The molecule has 0 heterocycles. The van der Waals surface area contributed by atoms with E-state index in [0.29, 0.717) is 5.69 Å². The number of benzene rings is 4. The summed E-state index contributed by atoms with van der Waals surface area (Å²) < 4.78 is 0. The van der Waals surface area contributed by atoms with E-state index in [2.05, 4.69) is 10.6 Å². The minimum absolute atomic E-state index is 0.00678. The van der Waals surface area contributed by atoms with Crippen molar-refractivity contribution in [1.29, 1.82) is 5.26 Å². The highest BCUT2D eigenvalue weighted by molar-refractivity contribution is 7.99. The number of carbonyl (C=O) groups excluding carboxylic acids is 1. The van der Waals surface area contributed by atoms with E-state index in [9.17, 15) is 10.1 Å². The lowest BCUT2D eigenvalue weighted by Crippen LogP contribution is -2.15. The van der Waals surface area contributed by atoms with Crippen LogP contribution in [-0.2, 0) is 4.79 Å². The molecule has 0 aliphatic heterocycles. The second-order valence-electron chi connectivity index (χ2n) is 6.74. The summed E-state index contributed by atoms with van der Waals surface area (Å²) >= 11 is 1.55. The minimum atomic E-state index is -0.461. The maximum atomic E-state index is 12.7. The SMILES string of the molecule is N#C/C(=C/Nc1ccc2ccccc2c1)C(=O)Nc1ccccc1Sc1ccccc1. The van der Waals surface area contributed by atoms with Gasteiger partial charge >= 0.3 is 0 Å². The lowest BCUT2D eigenvalue weighted by molar-refractivity contribution is -0.112. The predicted octanol–water partition coefficient (Wildman–Crippen LogP) is 6.45. The second kappa shape index (κ2) is 9.66. The minimum Gasteiger partial charge on any atom is -0.360 e. The molecule has 4 aromatic rings. The molecule has 0 saturated carbocycles. The number of anilines is 2. The van der Waals surface area contributed by atoms with Crippen LogP contribution in [-0.4, -0.2) is 5.91 Å². The van der Waals surface area contributed by atoms with Gasteiger partial charge in [0.15, 0.2) is 0 Å². The number of rotatable bonds is 6. The Morgan fingerprint density at radius 2 is 1.55 bits per heavy atom. The van der Waals surface area contributed by atoms with Crippen molar-refractivity contribution in [2.24, 2.45) is 0 Å². The summed E-state index contributed by atoms with van der Waals surface area (Å²) in [4.78, 5) is 14.7. The van der Waals surface area contributed by atoms with E-state index in [4.69, 9.17) is 0 Å². The molecule has 0 aromatic heterocycles. The fourth-order valence-corrected chi connectivity index (χ4v) is 3.97. The molecule has 5 heteroatoms. The van der Waals surface area contributed by atoms with E-state index in [0.717, 1.165) is 26.3 Å². The Hall–Kier alpha value is -4.01. The van der Waals surface area contributed by atoms with Gasteiger partial charge in [-0.05, 0) is 47.2 Å². The van der Waals surface area contributed by atoms with Crippen LogP contribution < -0.4 is 10.6 Å². The Morgan fingerprint density at radius 3 is 2.35 bits per heavy atom. The van der Waals surface area contributed by atoms with Gasteiger partial charge in [-0.2, -0.15) is 5.26 Å². The van der Waals surface area contributed by atoms with Gasteiger partial charge in [-0.3, -0.25) is 4.79 Å². The highest BCUT2D eigenvalue weighted by Gasteiger charge is 2.12. The summed E-state index contributed by atoms with van der Waals surface area (Å²) in [6, 6.07) is 33.3. The first-order chi connectivity index (χ1) is 15.2. The smallest absolute Gasteiger partial charge is 0.267 e. The van der Waals surface area contributed by atoms with Crippen molar-refractivity contribution in [2.45, 2.75) is 9.79 Å². The number of nitriles is 1. The monoisotopic (exact) mass is 421 g/mol. The summed E-state index contributed by atoms with van der Waals surface area (Å²) in [6.07, 6.45) is 1.44. The average molecular weight is 422 g/mol. The van der Waals surface area contributed by atoms with Crippen LogP contribution in [0.2, 0.25) is 0 Å². The van der Waals surface area contributed by atoms with Crippen molar-refractivity contribution in [2.75, 3.05) is 10.6 Å². The third kappa shape index (κ3) is 5.13. The maximum Gasteiger partial charge on any atom is 0.267 e. The molecule has 0 atom stereocenters. The molecule has 4 rings (SSSR count). The van der Waals surface area contributed by atoms with E-state index in [1.54, 1.807) is 11.8 Å². The number of hydrogen-bond donors (Lipinski definition) is 2. The van der Waals surface area contributed by atoms with Gasteiger partial charge in [-0.1, -0.05) is 72.4 Å². The summed E-state index contributed by atoms with van der Waals surface area (Å²) in [7, 11) is 0. The van der Waals surface area contributed by atoms with Gasteiger partial charge in [0.1, 0.15) is 11.6 Å². The molecular formula is C26H19N3OS. The summed E-state index contributed by atoms with van der Waals surface area (Å²) in [5.74, 6) is -0.461. The number of nitrogens with one attached hydrogen (secondary N) is 2. The van der Waals surface area contributed by atoms with E-state index >= 15 is 0 Å². The van der Waals surface area contributed by atoms with Crippen LogP contribution in [0, 0.1) is 11.3 Å². The van der Waals surface area contributed by atoms with Gasteiger partial charge in [0.05, 0.1) is 5.69 Å². The van der Waals surface area contributed by atoms with Crippen LogP contribution >= 0.6 is 11.8 Å². The number of nitrogens with zero attached hydrogens (tertiary/aromatic N) is 1. The maximum absolute atomic E-state index is 12.7. The first-order valence-corrected chi connectivity index (χ1v) is 10.5. The molecule has 150 valence electrons. The van der Waals surface area contributed by atoms with Crippen LogP contribution in [0.4, 0.5) is 11.4 Å². The highest BCUT2D eigenvalue weighted by Crippen LogP contribution is 2.33. The van der Waals surface area contributed by atoms with Crippen LogP contribution in [0.25, 0.3) is 10.8 Å². The number of fused-ring (bicyclic) bond motifs is 1. The number of para-hydroxylation sites is 1. The topological polar surface area (TPSA) is 64.9 Å². The number of carbonyl (C=O) groups is 1. The van der Waals surface area contributed by atoms with Crippen molar-refractivity contribution in [1.82, 2.24) is 0 Å². The fourth-order valence-electron chi connectivity index (χ4n) is 3.05. The first kappa shape index (κ1) is 20.3. The quantitative estimate of drug-likeness (QED) is 0.277. The fraction of sp³-hybridized carbons (Fsp3) is 0. The van der Waals surface area contributed by atoms with Gasteiger partial charge in [-0.25, -0.2) is 0 Å². The summed E-state index contributed by atoms with van der Waals surface area (Å²) in [5, 5.41) is 17.6. The predicted molar refractivity (Wildman–Crippen MR) is 127 cm³/mol. The first-order valence-electron chi connectivity index (χ1n) is 9.72. The zero-order chi connectivity index (χ0) is 21.5. The highest BCUT2D eigenvalue weighted by atomic mass is 32.2. The third-order valence-corrected chi connectivity index (χ3v) is 5.69. The van der Waals surface area contributed by atoms with Gasteiger partial charge in [0.2, 0.25) is 0 Å². The van der Waals surface area contributed by atoms with Crippen molar-refractivity contribution < 1.29 is 4.79 Å². The summed E-state index contributed by atoms with van der Waals surface area (Å²) in [6.45, 7) is 0. The van der Waals surface area contributed by atoms with Crippen LogP contribution in [0.1, 0.15) is 0 Å². The van der Waals surface area contributed by atoms with Crippen LogP contribution in [0.3, 0.4) is 0 Å². The lowest BCUT2D eigenvalue weighted by Gasteiger charge is -2.10. The zero-order valence-electron chi connectivity index (χ0n) is 16.6. The van der Waals surface area contributed by atoms with Crippen molar-refractivity contribution in [3.05, 3.63) is 109 Å².